The summed E-state index contributed by atoms with van der Waals surface area (Å²) in [5.74, 6) is 0.896. The highest BCUT2D eigenvalue weighted by Gasteiger charge is 2.26. The first-order valence-electron chi connectivity index (χ1n) is 8.92. The number of rotatable bonds is 4. The van der Waals surface area contributed by atoms with Crippen LogP contribution >= 0.6 is 11.3 Å². The maximum atomic E-state index is 12.6. The van der Waals surface area contributed by atoms with Crippen molar-refractivity contribution in [1.82, 2.24) is 20.2 Å². The van der Waals surface area contributed by atoms with Crippen LogP contribution in [-0.4, -0.2) is 39.2 Å². The van der Waals surface area contributed by atoms with Crippen LogP contribution in [0.1, 0.15) is 18.5 Å². The van der Waals surface area contributed by atoms with Crippen LogP contribution in [0.2, 0.25) is 0 Å². The Morgan fingerprint density at radius 1 is 1.15 bits per heavy atom. The number of amides is 1. The van der Waals surface area contributed by atoms with Gasteiger partial charge in [-0.3, -0.25) is 9.78 Å². The molecule has 0 bridgehead atoms. The number of nitrogens with one attached hydrogen (secondary N) is 1. The molecular formula is C19H20N6OS. The van der Waals surface area contributed by atoms with Crippen LogP contribution in [0.3, 0.4) is 0 Å². The van der Waals surface area contributed by atoms with E-state index in [2.05, 4.69) is 30.4 Å². The predicted octanol–water partition coefficient (Wildman–Crippen LogP) is 3.16. The van der Waals surface area contributed by atoms with Gasteiger partial charge in [-0.15, -0.1) is 16.4 Å². The van der Waals surface area contributed by atoms with Gasteiger partial charge in [0.25, 0.3) is 0 Å². The Kier molecular flexibility index (Phi) is 5.06. The van der Waals surface area contributed by atoms with Crippen molar-refractivity contribution >= 4 is 28.2 Å². The van der Waals surface area contributed by atoms with Crippen molar-refractivity contribution in [3.05, 3.63) is 47.6 Å². The van der Waals surface area contributed by atoms with E-state index in [4.69, 9.17) is 0 Å². The van der Waals surface area contributed by atoms with E-state index in [9.17, 15) is 4.79 Å². The molecular weight excluding hydrogens is 360 g/mol. The van der Waals surface area contributed by atoms with E-state index < -0.39 is 0 Å². The second kappa shape index (κ2) is 7.79. The van der Waals surface area contributed by atoms with Crippen LogP contribution in [-0.2, 0) is 4.79 Å². The lowest BCUT2D eigenvalue weighted by Gasteiger charge is -2.31. The number of pyridine rings is 1. The highest BCUT2D eigenvalue weighted by atomic mass is 32.1. The van der Waals surface area contributed by atoms with Crippen molar-refractivity contribution in [1.29, 1.82) is 0 Å². The molecule has 138 valence electrons. The lowest BCUT2D eigenvalue weighted by Crippen LogP contribution is -2.38. The van der Waals surface area contributed by atoms with Crippen LogP contribution in [0.15, 0.2) is 41.9 Å². The van der Waals surface area contributed by atoms with Crippen molar-refractivity contribution in [2.45, 2.75) is 19.8 Å². The molecule has 0 atom stereocenters. The molecule has 27 heavy (non-hydrogen) atoms. The fourth-order valence-corrected chi connectivity index (χ4v) is 3.81. The summed E-state index contributed by atoms with van der Waals surface area (Å²) >= 11 is 1.42. The van der Waals surface area contributed by atoms with Crippen molar-refractivity contribution in [2.24, 2.45) is 5.92 Å². The minimum absolute atomic E-state index is 0.0122. The highest BCUT2D eigenvalue weighted by molar-refractivity contribution is 7.14. The molecule has 1 aliphatic rings. The number of piperidine rings is 1. The second-order valence-corrected chi connectivity index (χ2v) is 7.39. The molecule has 0 aliphatic carbocycles. The Hall–Kier alpha value is -2.87. The topological polar surface area (TPSA) is 83.9 Å². The number of thiazole rings is 1. The molecule has 3 aromatic heterocycles. The number of hydrogen-bond acceptors (Lipinski definition) is 7. The van der Waals surface area contributed by atoms with Gasteiger partial charge in [-0.2, -0.15) is 5.10 Å². The number of aryl methyl sites for hydroxylation is 1. The van der Waals surface area contributed by atoms with Gasteiger partial charge >= 0.3 is 0 Å². The van der Waals surface area contributed by atoms with E-state index in [0.717, 1.165) is 48.8 Å². The predicted molar refractivity (Wildman–Crippen MR) is 106 cm³/mol. The first kappa shape index (κ1) is 17.5. The normalized spacial score (nSPS) is 14.9. The summed E-state index contributed by atoms with van der Waals surface area (Å²) in [5.41, 5.74) is 2.49. The average Bonchev–Trinajstić information content (AvgIpc) is 3.18. The van der Waals surface area contributed by atoms with Gasteiger partial charge in [0.15, 0.2) is 10.9 Å². The van der Waals surface area contributed by atoms with Gasteiger partial charge in [-0.25, -0.2) is 4.98 Å². The third-order valence-corrected chi connectivity index (χ3v) is 5.39. The molecule has 1 aliphatic heterocycles. The number of carbonyl (C=O) groups excluding carboxylic acids is 1. The number of aromatic nitrogens is 4. The monoisotopic (exact) mass is 380 g/mol. The van der Waals surface area contributed by atoms with Gasteiger partial charge in [0.1, 0.15) is 5.69 Å². The molecule has 0 saturated carbocycles. The SMILES string of the molecule is Cc1ccc(N2CCC(C(=O)Nc3nc(-c4ccccn4)cs3)CC2)nn1. The van der Waals surface area contributed by atoms with Gasteiger partial charge in [-0.05, 0) is 44.0 Å². The van der Waals surface area contributed by atoms with Crippen LogP contribution < -0.4 is 10.2 Å². The summed E-state index contributed by atoms with van der Waals surface area (Å²) in [6.45, 7) is 3.52. The molecule has 0 aromatic carbocycles. The first-order valence-corrected chi connectivity index (χ1v) is 9.80. The maximum Gasteiger partial charge on any atom is 0.229 e. The Morgan fingerprint density at radius 2 is 2.00 bits per heavy atom. The quantitative estimate of drug-likeness (QED) is 0.748. The largest absolute Gasteiger partial charge is 0.355 e. The van der Waals surface area contributed by atoms with Crippen LogP contribution in [0.25, 0.3) is 11.4 Å². The molecule has 3 aromatic rings. The minimum Gasteiger partial charge on any atom is -0.355 e. The smallest absolute Gasteiger partial charge is 0.229 e. The molecule has 4 heterocycles. The van der Waals surface area contributed by atoms with Gasteiger partial charge in [0.2, 0.25) is 5.91 Å². The molecule has 8 heteroatoms. The third-order valence-electron chi connectivity index (χ3n) is 4.64. The molecule has 1 saturated heterocycles. The summed E-state index contributed by atoms with van der Waals surface area (Å²) < 4.78 is 0. The molecule has 0 unspecified atom stereocenters. The molecule has 4 rings (SSSR count). The second-order valence-electron chi connectivity index (χ2n) is 6.54. The van der Waals surface area contributed by atoms with E-state index in [0.29, 0.717) is 5.13 Å². The third kappa shape index (κ3) is 4.11. The summed E-state index contributed by atoms with van der Waals surface area (Å²) in [7, 11) is 0. The molecule has 1 amide bonds. The highest BCUT2D eigenvalue weighted by Crippen LogP contribution is 2.26. The Morgan fingerprint density at radius 3 is 2.70 bits per heavy atom. The fourth-order valence-electron chi connectivity index (χ4n) is 3.10. The molecule has 0 radical (unpaired) electrons. The number of carbonyl (C=O) groups is 1. The zero-order chi connectivity index (χ0) is 18.6. The van der Waals surface area contributed by atoms with Gasteiger partial charge < -0.3 is 10.2 Å². The zero-order valence-corrected chi connectivity index (χ0v) is 15.8. The summed E-state index contributed by atoms with van der Waals surface area (Å²) in [4.78, 5) is 23.5. The van der Waals surface area contributed by atoms with Crippen LogP contribution in [0, 0.1) is 12.8 Å². The lowest BCUT2D eigenvalue weighted by molar-refractivity contribution is -0.120. The summed E-state index contributed by atoms with van der Waals surface area (Å²) in [6.07, 6.45) is 3.32. The van der Waals surface area contributed by atoms with Crippen molar-refractivity contribution in [2.75, 3.05) is 23.3 Å². The van der Waals surface area contributed by atoms with Gasteiger partial charge in [0, 0.05) is 30.6 Å². The zero-order valence-electron chi connectivity index (χ0n) is 15.0. The lowest BCUT2D eigenvalue weighted by atomic mass is 9.96. The number of hydrogen-bond donors (Lipinski definition) is 1. The minimum atomic E-state index is -0.0122. The van der Waals surface area contributed by atoms with E-state index in [1.54, 1.807) is 6.20 Å². The van der Waals surface area contributed by atoms with Gasteiger partial charge in [-0.1, -0.05) is 6.07 Å². The number of anilines is 2. The summed E-state index contributed by atoms with van der Waals surface area (Å²) in [5, 5.41) is 13.8. The van der Waals surface area contributed by atoms with Crippen molar-refractivity contribution < 1.29 is 4.79 Å². The van der Waals surface area contributed by atoms with Crippen LogP contribution in [0.4, 0.5) is 10.9 Å². The average molecular weight is 380 g/mol. The van der Waals surface area contributed by atoms with Crippen molar-refractivity contribution in [3.63, 3.8) is 0 Å². The van der Waals surface area contributed by atoms with E-state index >= 15 is 0 Å². The Balaban J connectivity index is 1.33. The number of nitrogens with zero attached hydrogens (tertiary/aromatic N) is 5. The molecule has 1 N–H and O–H groups in total. The van der Waals surface area contributed by atoms with Gasteiger partial charge in [0.05, 0.1) is 11.4 Å². The standard InChI is InChI=1S/C19H20N6OS/c1-13-5-6-17(24-23-13)25-10-7-14(8-11-25)18(26)22-19-21-16(12-27-19)15-4-2-3-9-20-15/h2-6,9,12,14H,7-8,10-11H2,1H3,(H,21,22,26). The molecule has 0 spiro atoms. The molecule has 7 nitrogen and oxygen atoms in total. The fraction of sp³-hybridized carbons (Fsp3) is 0.316. The Labute approximate surface area is 161 Å². The van der Waals surface area contributed by atoms with E-state index in [1.165, 1.54) is 11.3 Å². The maximum absolute atomic E-state index is 12.6. The van der Waals surface area contributed by atoms with Crippen LogP contribution in [0.5, 0.6) is 0 Å². The Bertz CT molecular complexity index is 903. The van der Waals surface area contributed by atoms with Crippen molar-refractivity contribution in [3.8, 4) is 11.4 Å². The summed E-state index contributed by atoms with van der Waals surface area (Å²) in [6, 6.07) is 9.64. The molecule has 1 fully saturated rings. The van der Waals surface area contributed by atoms with E-state index in [1.807, 2.05) is 42.6 Å². The first-order chi connectivity index (χ1) is 13.2. The van der Waals surface area contributed by atoms with E-state index in [-0.39, 0.29) is 11.8 Å².